The molecule has 3 aromatic rings. The predicted octanol–water partition coefficient (Wildman–Crippen LogP) is 4.54. The first-order chi connectivity index (χ1) is 12.7. The molecule has 0 amide bonds. The minimum Gasteiger partial charge on any atom is -0.497 e. The van der Waals surface area contributed by atoms with Crippen LogP contribution in [0.5, 0.6) is 5.75 Å². The van der Waals surface area contributed by atoms with Gasteiger partial charge >= 0.3 is 0 Å². The Bertz CT molecular complexity index is 942. The maximum atomic E-state index is 6.31. The fourth-order valence-corrected chi connectivity index (χ4v) is 3.62. The fourth-order valence-electron chi connectivity index (χ4n) is 2.99. The maximum absolute atomic E-state index is 6.31. The second-order valence-corrected chi connectivity index (χ2v) is 7.33. The molecule has 9 heteroatoms. The van der Waals surface area contributed by atoms with E-state index in [-0.39, 0.29) is 6.23 Å². The van der Waals surface area contributed by atoms with Gasteiger partial charge in [-0.05, 0) is 31.4 Å². The molecule has 26 heavy (non-hydrogen) atoms. The van der Waals surface area contributed by atoms with Gasteiger partial charge in [0.05, 0.1) is 24.1 Å². The third-order valence-electron chi connectivity index (χ3n) is 4.29. The second kappa shape index (κ2) is 7.53. The number of methoxy groups -OCH3 is 1. The lowest BCUT2D eigenvalue weighted by molar-refractivity contribution is -0.0298. The summed E-state index contributed by atoms with van der Waals surface area (Å²) < 4.78 is 13.8. The molecule has 0 radical (unpaired) electrons. The molecule has 1 saturated heterocycles. The summed E-state index contributed by atoms with van der Waals surface area (Å²) in [5.74, 6) is 1.31. The minimum absolute atomic E-state index is 0.0345. The van der Waals surface area contributed by atoms with Crippen LogP contribution in [0.3, 0.4) is 0 Å². The maximum Gasteiger partial charge on any atom is 0.194 e. The summed E-state index contributed by atoms with van der Waals surface area (Å²) in [4.78, 5) is 13.6. The molecule has 3 heterocycles. The number of anilines is 2. The molecule has 1 unspecified atom stereocenters. The van der Waals surface area contributed by atoms with E-state index < -0.39 is 0 Å². The summed E-state index contributed by atoms with van der Waals surface area (Å²) >= 11 is 8.41. The van der Waals surface area contributed by atoms with Crippen molar-refractivity contribution in [1.82, 2.24) is 19.5 Å². The summed E-state index contributed by atoms with van der Waals surface area (Å²) in [7, 11) is 1.62. The molecule has 1 aliphatic heterocycles. The minimum atomic E-state index is -0.0345. The van der Waals surface area contributed by atoms with Crippen LogP contribution in [-0.4, -0.2) is 33.2 Å². The molecule has 0 spiro atoms. The fraction of sp³-hybridized carbons (Fsp3) is 0.353. The van der Waals surface area contributed by atoms with Crippen molar-refractivity contribution in [1.29, 1.82) is 0 Å². The Balaban J connectivity index is 1.75. The lowest BCUT2D eigenvalue weighted by atomic mass is 10.2. The highest BCUT2D eigenvalue weighted by molar-refractivity contribution is 14.1. The van der Waals surface area contributed by atoms with Gasteiger partial charge in [0.1, 0.15) is 12.0 Å². The first-order valence-corrected chi connectivity index (χ1v) is 9.73. The Morgan fingerprint density at radius 1 is 1.35 bits per heavy atom. The van der Waals surface area contributed by atoms with Gasteiger partial charge in [0.2, 0.25) is 0 Å². The summed E-state index contributed by atoms with van der Waals surface area (Å²) in [6.45, 7) is 0.761. The first-order valence-electron chi connectivity index (χ1n) is 8.28. The molecule has 1 aromatic carbocycles. The number of rotatable bonds is 4. The van der Waals surface area contributed by atoms with E-state index in [1.54, 1.807) is 19.5 Å². The van der Waals surface area contributed by atoms with Crippen molar-refractivity contribution in [2.75, 3.05) is 19.0 Å². The zero-order valence-corrected chi connectivity index (χ0v) is 17.0. The molecule has 7 nitrogen and oxygen atoms in total. The molecule has 4 rings (SSSR count). The molecule has 1 atom stereocenters. The van der Waals surface area contributed by atoms with Gasteiger partial charge in [0.25, 0.3) is 0 Å². The molecular formula is C17H17ClIN5O2. The zero-order chi connectivity index (χ0) is 18.1. The molecule has 136 valence electrons. The number of fused-ring (bicyclic) bond motifs is 1. The molecule has 0 bridgehead atoms. The van der Waals surface area contributed by atoms with Gasteiger partial charge < -0.3 is 14.8 Å². The number of imidazole rings is 1. The molecule has 1 aliphatic rings. The van der Waals surface area contributed by atoms with Crippen LogP contribution in [0.4, 0.5) is 11.5 Å². The summed E-state index contributed by atoms with van der Waals surface area (Å²) in [6, 6.07) is 5.41. The van der Waals surface area contributed by atoms with Crippen molar-refractivity contribution < 1.29 is 9.47 Å². The normalized spacial score (nSPS) is 17.4. The molecule has 0 saturated carbocycles. The van der Waals surface area contributed by atoms with Crippen molar-refractivity contribution in [3.05, 3.63) is 33.4 Å². The molecule has 0 aliphatic carbocycles. The van der Waals surface area contributed by atoms with Gasteiger partial charge in [-0.3, -0.25) is 4.57 Å². The van der Waals surface area contributed by atoms with E-state index in [1.807, 2.05) is 16.7 Å². The van der Waals surface area contributed by atoms with Gasteiger partial charge in [0.15, 0.2) is 20.8 Å². The number of nitrogens with one attached hydrogen (secondary N) is 1. The number of ether oxygens (including phenoxy) is 2. The Morgan fingerprint density at radius 3 is 3.00 bits per heavy atom. The second-order valence-electron chi connectivity index (χ2n) is 5.96. The van der Waals surface area contributed by atoms with Crippen LogP contribution in [0.15, 0.2) is 24.5 Å². The van der Waals surface area contributed by atoms with Crippen LogP contribution < -0.4 is 10.1 Å². The summed E-state index contributed by atoms with van der Waals surface area (Å²) in [6.07, 6.45) is 4.92. The van der Waals surface area contributed by atoms with Gasteiger partial charge in [0, 0.05) is 35.3 Å². The molecular weight excluding hydrogens is 469 g/mol. The van der Waals surface area contributed by atoms with Crippen molar-refractivity contribution in [3.63, 3.8) is 0 Å². The Labute approximate surface area is 169 Å². The van der Waals surface area contributed by atoms with Crippen molar-refractivity contribution >= 4 is 56.9 Å². The average molecular weight is 486 g/mol. The number of benzene rings is 1. The Morgan fingerprint density at radius 2 is 2.23 bits per heavy atom. The van der Waals surface area contributed by atoms with Gasteiger partial charge in [-0.15, -0.1) is 0 Å². The topological polar surface area (TPSA) is 74.1 Å². The van der Waals surface area contributed by atoms with E-state index in [1.165, 1.54) is 0 Å². The van der Waals surface area contributed by atoms with E-state index in [4.69, 9.17) is 21.1 Å². The standard InChI is InChI=1S/C17H17ClIN5O2/c1-25-10-5-6-11(18)12(8-10)21-15-14-16(23-17(19)22-15)24(9-20-14)13-4-2-3-7-26-13/h5-6,8-9,13H,2-4,7H2,1H3,(H,21,22,23). The molecule has 1 N–H and O–H groups in total. The van der Waals surface area contributed by atoms with E-state index in [0.717, 1.165) is 31.5 Å². The summed E-state index contributed by atoms with van der Waals surface area (Å²) in [5, 5.41) is 3.83. The number of hydrogen-bond acceptors (Lipinski definition) is 6. The third-order valence-corrected chi connectivity index (χ3v) is 5.10. The number of halogens is 2. The Hall–Kier alpha value is -1.65. The van der Waals surface area contributed by atoms with Crippen molar-refractivity contribution in [3.8, 4) is 5.75 Å². The number of nitrogens with zero attached hydrogens (tertiary/aromatic N) is 4. The van der Waals surface area contributed by atoms with Crippen LogP contribution in [0.2, 0.25) is 5.02 Å². The zero-order valence-electron chi connectivity index (χ0n) is 14.1. The predicted molar refractivity (Wildman–Crippen MR) is 108 cm³/mol. The SMILES string of the molecule is COc1ccc(Cl)c(Nc2nc(I)nc3c2ncn3C2CCCCO2)c1. The lowest BCUT2D eigenvalue weighted by Gasteiger charge is -2.23. The lowest BCUT2D eigenvalue weighted by Crippen LogP contribution is -2.18. The van der Waals surface area contributed by atoms with Crippen molar-refractivity contribution in [2.24, 2.45) is 0 Å². The quantitative estimate of drug-likeness (QED) is 0.432. The van der Waals surface area contributed by atoms with Gasteiger partial charge in [-0.1, -0.05) is 11.6 Å². The van der Waals surface area contributed by atoms with Crippen LogP contribution in [0, 0.1) is 3.83 Å². The third kappa shape index (κ3) is 3.45. The number of aromatic nitrogens is 4. The van der Waals surface area contributed by atoms with Crippen LogP contribution in [-0.2, 0) is 4.74 Å². The van der Waals surface area contributed by atoms with E-state index in [0.29, 0.717) is 31.6 Å². The summed E-state index contributed by atoms with van der Waals surface area (Å²) in [5.41, 5.74) is 2.13. The average Bonchev–Trinajstić information content (AvgIpc) is 3.08. The van der Waals surface area contributed by atoms with Crippen LogP contribution in [0.1, 0.15) is 25.5 Å². The highest BCUT2D eigenvalue weighted by Gasteiger charge is 2.21. The van der Waals surface area contributed by atoms with Crippen LogP contribution >= 0.6 is 34.2 Å². The van der Waals surface area contributed by atoms with Gasteiger partial charge in [-0.25, -0.2) is 15.0 Å². The Kier molecular flexibility index (Phi) is 5.14. The number of hydrogen-bond donors (Lipinski definition) is 1. The molecule has 1 fully saturated rings. The molecule has 2 aromatic heterocycles. The van der Waals surface area contributed by atoms with Gasteiger partial charge in [-0.2, -0.15) is 0 Å². The van der Waals surface area contributed by atoms with E-state index in [2.05, 4.69) is 42.9 Å². The van der Waals surface area contributed by atoms with Crippen LogP contribution in [0.25, 0.3) is 11.2 Å². The first kappa shape index (κ1) is 17.7. The smallest absolute Gasteiger partial charge is 0.194 e. The van der Waals surface area contributed by atoms with Crippen molar-refractivity contribution in [2.45, 2.75) is 25.5 Å². The van der Waals surface area contributed by atoms with E-state index >= 15 is 0 Å². The highest BCUT2D eigenvalue weighted by Crippen LogP contribution is 2.32. The van der Waals surface area contributed by atoms with E-state index in [9.17, 15) is 0 Å². The largest absolute Gasteiger partial charge is 0.497 e. The monoisotopic (exact) mass is 485 g/mol. The highest BCUT2D eigenvalue weighted by atomic mass is 127.